The normalized spacial score (nSPS) is 32.3. The molecule has 1 saturated heterocycles. The second-order valence-electron chi connectivity index (χ2n) is 7.17. The average Bonchev–Trinajstić information content (AvgIpc) is 2.67. The summed E-state index contributed by atoms with van der Waals surface area (Å²) >= 11 is 0. The third-order valence-corrected chi connectivity index (χ3v) is 8.97. The first-order valence-corrected chi connectivity index (χ1v) is 10.3. The van der Waals surface area contributed by atoms with Crippen LogP contribution in [0.1, 0.15) is 27.7 Å². The van der Waals surface area contributed by atoms with Crippen molar-refractivity contribution in [2.24, 2.45) is 0 Å². The SMILES string of the molecule is CC(=O)O[C@@H]1C=C[C@H]2O[C@@H]1[C@H](CO[Si](C)(C)C(C)(C)C)O2. The molecule has 0 saturated carbocycles. The summed E-state index contributed by atoms with van der Waals surface area (Å²) in [5, 5.41) is 0.148. The number of fused-ring (bicyclic) bond motifs is 2. The van der Waals surface area contributed by atoms with E-state index in [1.165, 1.54) is 6.92 Å². The number of hydrogen-bond donors (Lipinski definition) is 0. The molecule has 1 fully saturated rings. The Morgan fingerprint density at radius 3 is 2.48 bits per heavy atom. The molecule has 0 aromatic rings. The number of carbonyl (C=O) groups excluding carboxylic acids is 1. The van der Waals surface area contributed by atoms with Gasteiger partial charge < -0.3 is 18.6 Å². The maximum absolute atomic E-state index is 11.2. The van der Waals surface area contributed by atoms with Crippen molar-refractivity contribution in [1.82, 2.24) is 0 Å². The molecule has 0 spiro atoms. The molecule has 0 aromatic heterocycles. The summed E-state index contributed by atoms with van der Waals surface area (Å²) < 4.78 is 23.0. The molecule has 2 rings (SSSR count). The van der Waals surface area contributed by atoms with E-state index in [0.717, 1.165) is 0 Å². The Labute approximate surface area is 127 Å². The van der Waals surface area contributed by atoms with E-state index in [4.69, 9.17) is 18.6 Å². The van der Waals surface area contributed by atoms with Gasteiger partial charge in [-0.2, -0.15) is 0 Å². The van der Waals surface area contributed by atoms with Crippen molar-refractivity contribution >= 4 is 14.3 Å². The lowest BCUT2D eigenvalue weighted by Crippen LogP contribution is -2.46. The lowest BCUT2D eigenvalue weighted by Gasteiger charge is -2.37. The van der Waals surface area contributed by atoms with E-state index in [-0.39, 0.29) is 29.5 Å². The monoisotopic (exact) mass is 314 g/mol. The van der Waals surface area contributed by atoms with Crippen LogP contribution >= 0.6 is 0 Å². The Morgan fingerprint density at radius 2 is 1.90 bits per heavy atom. The predicted octanol–water partition coefficient (Wildman–Crippen LogP) is 2.62. The molecule has 21 heavy (non-hydrogen) atoms. The zero-order valence-corrected chi connectivity index (χ0v) is 14.7. The second-order valence-corrected chi connectivity index (χ2v) is 12.0. The molecular weight excluding hydrogens is 288 g/mol. The van der Waals surface area contributed by atoms with E-state index in [2.05, 4.69) is 33.9 Å². The van der Waals surface area contributed by atoms with Gasteiger partial charge in [0.1, 0.15) is 18.3 Å². The third-order valence-electron chi connectivity index (χ3n) is 4.47. The molecule has 2 heterocycles. The van der Waals surface area contributed by atoms with Gasteiger partial charge in [-0.15, -0.1) is 0 Å². The van der Waals surface area contributed by atoms with Crippen LogP contribution < -0.4 is 0 Å². The first kappa shape index (κ1) is 16.7. The molecule has 120 valence electrons. The zero-order valence-electron chi connectivity index (χ0n) is 13.7. The number of esters is 1. The van der Waals surface area contributed by atoms with Crippen LogP contribution in [0.15, 0.2) is 12.2 Å². The van der Waals surface area contributed by atoms with Crippen molar-refractivity contribution < 1.29 is 23.4 Å². The molecule has 0 aromatic carbocycles. The first-order chi connectivity index (χ1) is 9.60. The molecule has 2 aliphatic heterocycles. The summed E-state index contributed by atoms with van der Waals surface area (Å²) in [4.78, 5) is 11.2. The summed E-state index contributed by atoms with van der Waals surface area (Å²) in [5.41, 5.74) is 0. The van der Waals surface area contributed by atoms with Crippen LogP contribution in [0.2, 0.25) is 18.1 Å². The summed E-state index contributed by atoms with van der Waals surface area (Å²) in [5.74, 6) is -0.317. The highest BCUT2D eigenvalue weighted by Gasteiger charge is 2.46. The number of hydrogen-bond acceptors (Lipinski definition) is 5. The molecule has 0 amide bonds. The summed E-state index contributed by atoms with van der Waals surface area (Å²) in [6.07, 6.45) is 2.39. The topological polar surface area (TPSA) is 54.0 Å². The number of carbonyl (C=O) groups is 1. The van der Waals surface area contributed by atoms with Crippen LogP contribution in [0.25, 0.3) is 0 Å². The van der Waals surface area contributed by atoms with Crippen molar-refractivity contribution in [2.75, 3.05) is 6.61 Å². The second kappa shape index (κ2) is 5.83. The highest BCUT2D eigenvalue weighted by molar-refractivity contribution is 6.74. The van der Waals surface area contributed by atoms with Gasteiger partial charge in [-0.3, -0.25) is 4.79 Å². The lowest BCUT2D eigenvalue weighted by atomic mass is 10.1. The van der Waals surface area contributed by atoms with Gasteiger partial charge in [0, 0.05) is 6.92 Å². The standard InChI is InChI=1S/C15H26O5Si/c1-10(16)18-11-7-8-13-19-12(14(11)20-13)9-17-21(5,6)15(2,3)4/h7-8,11-14H,9H2,1-6H3/t11-,12+,13-,14+/m1/s1. The van der Waals surface area contributed by atoms with E-state index in [1.54, 1.807) is 6.08 Å². The Balaban J connectivity index is 1.98. The minimum absolute atomic E-state index is 0.148. The van der Waals surface area contributed by atoms with E-state index in [0.29, 0.717) is 6.61 Å². The smallest absolute Gasteiger partial charge is 0.303 e. The van der Waals surface area contributed by atoms with Crippen LogP contribution in [0.4, 0.5) is 0 Å². The third kappa shape index (κ3) is 3.74. The molecule has 2 bridgehead atoms. The fourth-order valence-corrected chi connectivity index (χ4v) is 3.17. The van der Waals surface area contributed by atoms with Gasteiger partial charge in [0.05, 0.1) is 6.61 Å². The molecule has 5 nitrogen and oxygen atoms in total. The lowest BCUT2D eigenvalue weighted by molar-refractivity contribution is -0.151. The Bertz CT molecular complexity index is 426. The van der Waals surface area contributed by atoms with E-state index in [9.17, 15) is 4.79 Å². The van der Waals surface area contributed by atoms with Gasteiger partial charge in [0.15, 0.2) is 14.6 Å². The van der Waals surface area contributed by atoms with Crippen LogP contribution in [-0.4, -0.2) is 45.5 Å². The molecule has 0 unspecified atom stereocenters. The van der Waals surface area contributed by atoms with Crippen LogP contribution in [-0.2, 0) is 23.4 Å². The van der Waals surface area contributed by atoms with Gasteiger partial charge in [-0.05, 0) is 30.3 Å². The van der Waals surface area contributed by atoms with E-state index in [1.807, 2.05) is 6.08 Å². The largest absolute Gasteiger partial charge is 0.455 e. The van der Waals surface area contributed by atoms with Gasteiger partial charge >= 0.3 is 5.97 Å². The van der Waals surface area contributed by atoms with Gasteiger partial charge in [0.2, 0.25) is 0 Å². The van der Waals surface area contributed by atoms with Crippen LogP contribution in [0.5, 0.6) is 0 Å². The molecule has 0 radical (unpaired) electrons. The Hall–Kier alpha value is -0.693. The Kier molecular flexibility index (Phi) is 4.63. The van der Waals surface area contributed by atoms with Crippen molar-refractivity contribution in [2.45, 2.75) is 70.4 Å². The maximum Gasteiger partial charge on any atom is 0.303 e. The highest BCUT2D eigenvalue weighted by atomic mass is 28.4. The number of ether oxygens (including phenoxy) is 3. The van der Waals surface area contributed by atoms with Crippen LogP contribution in [0, 0.1) is 0 Å². The summed E-state index contributed by atoms with van der Waals surface area (Å²) in [6, 6.07) is 0. The van der Waals surface area contributed by atoms with E-state index >= 15 is 0 Å². The Morgan fingerprint density at radius 1 is 1.24 bits per heavy atom. The fourth-order valence-electron chi connectivity index (χ4n) is 2.15. The number of rotatable bonds is 4. The molecule has 6 heteroatoms. The van der Waals surface area contributed by atoms with Gasteiger partial charge in [0.25, 0.3) is 0 Å². The van der Waals surface area contributed by atoms with Crippen molar-refractivity contribution in [3.05, 3.63) is 12.2 Å². The molecule has 0 aliphatic carbocycles. The predicted molar refractivity (Wildman–Crippen MR) is 81.4 cm³/mol. The summed E-state index contributed by atoms with van der Waals surface area (Å²) in [7, 11) is -1.83. The van der Waals surface area contributed by atoms with Crippen molar-refractivity contribution in [3.63, 3.8) is 0 Å². The zero-order chi connectivity index (χ0) is 15.8. The quantitative estimate of drug-likeness (QED) is 0.453. The molecule has 0 N–H and O–H groups in total. The molecule has 4 atom stereocenters. The van der Waals surface area contributed by atoms with Crippen molar-refractivity contribution in [3.8, 4) is 0 Å². The maximum atomic E-state index is 11.2. The van der Waals surface area contributed by atoms with Crippen LogP contribution in [0.3, 0.4) is 0 Å². The summed E-state index contributed by atoms with van der Waals surface area (Å²) in [6.45, 7) is 12.9. The minimum atomic E-state index is -1.83. The average molecular weight is 314 g/mol. The first-order valence-electron chi connectivity index (χ1n) is 7.40. The van der Waals surface area contributed by atoms with Gasteiger partial charge in [-0.1, -0.05) is 20.8 Å². The fraction of sp³-hybridized carbons (Fsp3) is 0.800. The molecule has 2 aliphatic rings. The minimum Gasteiger partial charge on any atom is -0.455 e. The van der Waals surface area contributed by atoms with Crippen molar-refractivity contribution in [1.29, 1.82) is 0 Å². The van der Waals surface area contributed by atoms with E-state index < -0.39 is 14.4 Å². The van der Waals surface area contributed by atoms with Gasteiger partial charge in [-0.25, -0.2) is 0 Å². The molecular formula is C15H26O5Si. The highest BCUT2D eigenvalue weighted by Crippen LogP contribution is 2.37.